The molecule has 3 nitrogen and oxygen atoms in total. The van der Waals surface area contributed by atoms with Gasteiger partial charge in [-0.3, -0.25) is 4.90 Å². The lowest BCUT2D eigenvalue weighted by Gasteiger charge is -2.32. The third kappa shape index (κ3) is 4.50. The lowest BCUT2D eigenvalue weighted by atomic mass is 9.96. The van der Waals surface area contributed by atoms with Crippen LogP contribution in [0.4, 0.5) is 0 Å². The van der Waals surface area contributed by atoms with Crippen molar-refractivity contribution < 1.29 is 4.74 Å². The van der Waals surface area contributed by atoms with Gasteiger partial charge in [0.05, 0.1) is 6.61 Å². The number of para-hydroxylation sites is 1. The van der Waals surface area contributed by atoms with Crippen LogP contribution in [0.3, 0.4) is 0 Å². The number of likely N-dealkylation sites (tertiary alicyclic amines) is 1. The van der Waals surface area contributed by atoms with E-state index in [1.165, 1.54) is 31.5 Å². The van der Waals surface area contributed by atoms with Crippen LogP contribution in [-0.4, -0.2) is 38.2 Å². The molecule has 0 unspecified atom stereocenters. The molecule has 0 radical (unpaired) electrons. The minimum absolute atomic E-state index is 0.807. The van der Waals surface area contributed by atoms with Gasteiger partial charge in [0.2, 0.25) is 0 Å². The molecule has 0 spiro atoms. The number of hydrogen-bond acceptors (Lipinski definition) is 3. The van der Waals surface area contributed by atoms with Crippen molar-refractivity contribution in [3.63, 3.8) is 0 Å². The molecule has 1 fully saturated rings. The number of ether oxygens (including phenoxy) is 1. The average molecular weight is 276 g/mol. The Hall–Kier alpha value is -1.06. The van der Waals surface area contributed by atoms with Crippen molar-refractivity contribution in [1.29, 1.82) is 0 Å². The van der Waals surface area contributed by atoms with Crippen LogP contribution in [0, 0.1) is 5.92 Å². The molecule has 112 valence electrons. The topological polar surface area (TPSA) is 24.5 Å². The summed E-state index contributed by atoms with van der Waals surface area (Å²) in [7, 11) is 2.05. The number of hydrogen-bond donors (Lipinski definition) is 1. The van der Waals surface area contributed by atoms with Gasteiger partial charge >= 0.3 is 0 Å². The molecule has 0 atom stereocenters. The minimum Gasteiger partial charge on any atom is -0.493 e. The molecule has 20 heavy (non-hydrogen) atoms. The van der Waals surface area contributed by atoms with Gasteiger partial charge in [0.25, 0.3) is 0 Å². The second-order valence-corrected chi connectivity index (χ2v) is 5.73. The van der Waals surface area contributed by atoms with Gasteiger partial charge < -0.3 is 10.1 Å². The molecule has 0 amide bonds. The van der Waals surface area contributed by atoms with Gasteiger partial charge in [-0.1, -0.05) is 25.1 Å². The van der Waals surface area contributed by atoms with Crippen LogP contribution in [0.5, 0.6) is 5.75 Å². The first-order valence-electron chi connectivity index (χ1n) is 7.91. The van der Waals surface area contributed by atoms with Gasteiger partial charge in [-0.05, 0) is 57.9 Å². The summed E-state index contributed by atoms with van der Waals surface area (Å²) in [6.07, 6.45) is 3.67. The molecule has 2 rings (SSSR count). The number of benzene rings is 1. The summed E-state index contributed by atoms with van der Waals surface area (Å²) < 4.78 is 5.85. The van der Waals surface area contributed by atoms with E-state index < -0.39 is 0 Å². The maximum atomic E-state index is 5.85. The molecule has 1 heterocycles. The lowest BCUT2D eigenvalue weighted by Crippen LogP contribution is -2.36. The highest BCUT2D eigenvalue weighted by atomic mass is 16.5. The molecule has 0 bridgehead atoms. The highest BCUT2D eigenvalue weighted by Crippen LogP contribution is 2.23. The molecule has 1 aromatic rings. The average Bonchev–Trinajstić information content (AvgIpc) is 2.49. The van der Waals surface area contributed by atoms with E-state index in [1.54, 1.807) is 0 Å². The Morgan fingerprint density at radius 3 is 2.70 bits per heavy atom. The van der Waals surface area contributed by atoms with Gasteiger partial charge in [0, 0.05) is 12.1 Å². The van der Waals surface area contributed by atoms with Crippen LogP contribution in [0.25, 0.3) is 0 Å². The van der Waals surface area contributed by atoms with Gasteiger partial charge in [0.15, 0.2) is 0 Å². The smallest absolute Gasteiger partial charge is 0.123 e. The molecule has 1 aliphatic rings. The monoisotopic (exact) mass is 276 g/mol. The maximum absolute atomic E-state index is 5.85. The zero-order valence-corrected chi connectivity index (χ0v) is 12.9. The van der Waals surface area contributed by atoms with Crippen LogP contribution in [-0.2, 0) is 6.54 Å². The normalized spacial score (nSPS) is 17.3. The van der Waals surface area contributed by atoms with Crippen molar-refractivity contribution in [2.45, 2.75) is 32.7 Å². The third-order valence-corrected chi connectivity index (χ3v) is 4.03. The van der Waals surface area contributed by atoms with Crippen molar-refractivity contribution in [3.05, 3.63) is 29.8 Å². The van der Waals surface area contributed by atoms with Crippen molar-refractivity contribution in [3.8, 4) is 5.75 Å². The summed E-state index contributed by atoms with van der Waals surface area (Å²) in [4.78, 5) is 2.56. The second-order valence-electron chi connectivity index (χ2n) is 5.73. The Labute approximate surface area is 123 Å². The van der Waals surface area contributed by atoms with E-state index >= 15 is 0 Å². The van der Waals surface area contributed by atoms with Gasteiger partial charge in [-0.15, -0.1) is 0 Å². The summed E-state index contributed by atoms with van der Waals surface area (Å²) in [5.41, 5.74) is 1.33. The van der Waals surface area contributed by atoms with Crippen molar-refractivity contribution in [1.82, 2.24) is 10.2 Å². The maximum Gasteiger partial charge on any atom is 0.123 e. The predicted octanol–water partition coefficient (Wildman–Crippen LogP) is 2.91. The first kappa shape index (κ1) is 15.3. The van der Waals surface area contributed by atoms with Crippen molar-refractivity contribution in [2.24, 2.45) is 5.92 Å². The molecule has 3 heteroatoms. The zero-order chi connectivity index (χ0) is 14.2. The summed E-state index contributed by atoms with van der Waals surface area (Å²) in [5.74, 6) is 1.91. The van der Waals surface area contributed by atoms with E-state index in [9.17, 15) is 0 Å². The third-order valence-electron chi connectivity index (χ3n) is 4.03. The van der Waals surface area contributed by atoms with Crippen molar-refractivity contribution >= 4 is 0 Å². The molecule has 0 aliphatic carbocycles. The largest absolute Gasteiger partial charge is 0.493 e. The highest BCUT2D eigenvalue weighted by molar-refractivity contribution is 5.33. The van der Waals surface area contributed by atoms with E-state index in [0.717, 1.165) is 37.8 Å². The van der Waals surface area contributed by atoms with E-state index in [4.69, 9.17) is 4.74 Å². The van der Waals surface area contributed by atoms with Crippen LogP contribution in [0.15, 0.2) is 24.3 Å². The fourth-order valence-electron chi connectivity index (χ4n) is 2.87. The first-order chi connectivity index (χ1) is 9.83. The molecule has 1 saturated heterocycles. The molecule has 1 N–H and O–H groups in total. The first-order valence-corrected chi connectivity index (χ1v) is 7.91. The van der Waals surface area contributed by atoms with E-state index in [-0.39, 0.29) is 0 Å². The van der Waals surface area contributed by atoms with Crippen LogP contribution >= 0.6 is 0 Å². The molecule has 0 saturated carbocycles. The van der Waals surface area contributed by atoms with Crippen molar-refractivity contribution in [2.75, 3.05) is 33.3 Å². The van der Waals surface area contributed by atoms with Gasteiger partial charge in [0.1, 0.15) is 5.75 Å². The number of piperidine rings is 1. The molecule has 1 aromatic carbocycles. The zero-order valence-electron chi connectivity index (χ0n) is 12.9. The standard InChI is InChI=1S/C17H28N2O/c1-3-12-20-17-7-5-4-6-16(17)14-19-10-8-15(9-11-19)13-18-2/h4-7,15,18H,3,8-14H2,1-2H3. The second kappa shape index (κ2) is 8.28. The summed E-state index contributed by atoms with van der Waals surface area (Å²) >= 11 is 0. The molecule has 1 aliphatic heterocycles. The van der Waals surface area contributed by atoms with E-state index in [0.29, 0.717) is 0 Å². The van der Waals surface area contributed by atoms with E-state index in [2.05, 4.69) is 41.4 Å². The highest BCUT2D eigenvalue weighted by Gasteiger charge is 2.19. The Kier molecular flexibility index (Phi) is 6.34. The minimum atomic E-state index is 0.807. The van der Waals surface area contributed by atoms with E-state index in [1.807, 2.05) is 7.05 Å². The Morgan fingerprint density at radius 1 is 1.25 bits per heavy atom. The van der Waals surface area contributed by atoms with Gasteiger partial charge in [-0.25, -0.2) is 0 Å². The molecular weight excluding hydrogens is 248 g/mol. The molecular formula is C17H28N2O. The SMILES string of the molecule is CCCOc1ccccc1CN1CCC(CNC)CC1. The van der Waals surface area contributed by atoms with Crippen LogP contribution < -0.4 is 10.1 Å². The Balaban J connectivity index is 1.87. The lowest BCUT2D eigenvalue weighted by molar-refractivity contribution is 0.174. The Bertz CT molecular complexity index is 386. The van der Waals surface area contributed by atoms with Gasteiger partial charge in [-0.2, -0.15) is 0 Å². The van der Waals surface area contributed by atoms with Crippen LogP contribution in [0.2, 0.25) is 0 Å². The number of nitrogens with one attached hydrogen (secondary N) is 1. The summed E-state index contributed by atoms with van der Waals surface area (Å²) in [5, 5.41) is 3.30. The van der Waals surface area contributed by atoms with Crippen LogP contribution in [0.1, 0.15) is 31.7 Å². The summed E-state index contributed by atoms with van der Waals surface area (Å²) in [6, 6.07) is 8.47. The number of nitrogens with zero attached hydrogens (tertiary/aromatic N) is 1. The quantitative estimate of drug-likeness (QED) is 0.829. The number of rotatable bonds is 7. The molecule has 0 aromatic heterocycles. The summed E-state index contributed by atoms with van der Waals surface area (Å²) in [6.45, 7) is 7.54. The fourth-order valence-corrected chi connectivity index (χ4v) is 2.87. The predicted molar refractivity (Wildman–Crippen MR) is 84.2 cm³/mol. The fraction of sp³-hybridized carbons (Fsp3) is 0.647. The Morgan fingerprint density at radius 2 is 2.00 bits per heavy atom.